The molecule has 2 aliphatic heterocycles. The van der Waals surface area contributed by atoms with Gasteiger partial charge in [0.2, 0.25) is 0 Å². The molecule has 5 unspecified atom stereocenters. The molecule has 2 aliphatic rings. The number of carbonyl (C=O) groups is 1. The molecule has 2 saturated heterocycles. The van der Waals surface area contributed by atoms with Crippen molar-refractivity contribution in [3.8, 4) is 0 Å². The van der Waals surface area contributed by atoms with Gasteiger partial charge in [-0.25, -0.2) is 0 Å². The zero-order valence-corrected chi connectivity index (χ0v) is 31.0. The average Bonchev–Trinajstić information content (AvgIpc) is 3.17. The fourth-order valence-corrected chi connectivity index (χ4v) is 7.05. The predicted molar refractivity (Wildman–Crippen MR) is 199 cm³/mol. The summed E-state index contributed by atoms with van der Waals surface area (Å²) >= 11 is 0. The van der Waals surface area contributed by atoms with Crippen LogP contribution in [0.15, 0.2) is 121 Å². The van der Waals surface area contributed by atoms with E-state index in [2.05, 4.69) is 0 Å². The summed E-state index contributed by atoms with van der Waals surface area (Å²) < 4.78 is 52.4. The van der Waals surface area contributed by atoms with Gasteiger partial charge in [0, 0.05) is 12.8 Å². The maximum Gasteiger partial charge on any atom is 0.303 e. The van der Waals surface area contributed by atoms with Gasteiger partial charge in [-0.2, -0.15) is 0 Å². The maximum absolute atomic E-state index is 12.5. The van der Waals surface area contributed by atoms with E-state index in [-0.39, 0.29) is 18.6 Å². The van der Waals surface area contributed by atoms with Crippen molar-refractivity contribution in [3.05, 3.63) is 144 Å². The molecule has 53 heavy (non-hydrogen) atoms. The van der Waals surface area contributed by atoms with Crippen LogP contribution in [0.1, 0.15) is 49.9 Å². The minimum absolute atomic E-state index is 0.230. The third-order valence-corrected chi connectivity index (χ3v) is 9.79. The Balaban J connectivity index is 1.29. The highest BCUT2D eigenvalue weighted by molar-refractivity contribution is 5.66. The molecule has 0 amide bonds. The molecule has 9 heteroatoms. The van der Waals surface area contributed by atoms with Gasteiger partial charge in [-0.15, -0.1) is 0 Å². The molecule has 4 aromatic carbocycles. The Morgan fingerprint density at radius 2 is 0.962 bits per heavy atom. The highest BCUT2D eigenvalue weighted by atomic mass is 16.7. The molecule has 0 radical (unpaired) electrons. The third kappa shape index (κ3) is 10.8. The first kappa shape index (κ1) is 38.8. The van der Waals surface area contributed by atoms with Gasteiger partial charge in [-0.05, 0) is 36.1 Å². The summed E-state index contributed by atoms with van der Waals surface area (Å²) in [6.45, 7) is 8.99. The Kier molecular flexibility index (Phi) is 14.2. The van der Waals surface area contributed by atoms with Crippen LogP contribution in [-0.2, 0) is 69.1 Å². The molecule has 0 N–H and O–H groups in total. The van der Waals surface area contributed by atoms with Crippen LogP contribution < -0.4 is 0 Å². The summed E-state index contributed by atoms with van der Waals surface area (Å²) in [6.07, 6.45) is -5.14. The van der Waals surface area contributed by atoms with E-state index in [0.29, 0.717) is 26.4 Å². The van der Waals surface area contributed by atoms with Gasteiger partial charge < -0.3 is 37.9 Å². The molecule has 0 aromatic heterocycles. The number of carbonyl (C=O) groups excluding carboxylic acids is 1. The van der Waals surface area contributed by atoms with E-state index < -0.39 is 55.0 Å². The number of rotatable bonds is 16. The first-order valence-electron chi connectivity index (χ1n) is 18.6. The van der Waals surface area contributed by atoms with Crippen molar-refractivity contribution >= 4 is 5.97 Å². The summed E-state index contributed by atoms with van der Waals surface area (Å²) in [5, 5.41) is 0. The Hall–Kier alpha value is -3.93. The van der Waals surface area contributed by atoms with Crippen molar-refractivity contribution < 1.29 is 42.7 Å². The lowest BCUT2D eigenvalue weighted by Crippen LogP contribution is -2.63. The monoisotopic (exact) mass is 724 g/mol. The number of hydrogen-bond donors (Lipinski definition) is 0. The van der Waals surface area contributed by atoms with Crippen LogP contribution in [0.5, 0.6) is 0 Å². The molecule has 10 atom stereocenters. The van der Waals surface area contributed by atoms with E-state index in [1.165, 1.54) is 6.92 Å². The summed E-state index contributed by atoms with van der Waals surface area (Å²) in [5.74, 6) is -0.746. The van der Waals surface area contributed by atoms with Crippen LogP contribution in [0.4, 0.5) is 0 Å². The second kappa shape index (κ2) is 19.4. The summed E-state index contributed by atoms with van der Waals surface area (Å²) in [5.41, 5.74) is 4.14. The van der Waals surface area contributed by atoms with Crippen molar-refractivity contribution in [2.24, 2.45) is 5.92 Å². The van der Waals surface area contributed by atoms with Crippen molar-refractivity contribution in [2.45, 2.75) is 109 Å². The minimum atomic E-state index is -0.791. The number of benzene rings is 4. The van der Waals surface area contributed by atoms with Crippen LogP contribution in [-0.4, -0.2) is 67.7 Å². The average molecular weight is 725 g/mol. The number of ether oxygens (including phenoxy) is 8. The van der Waals surface area contributed by atoms with Crippen LogP contribution in [0, 0.1) is 5.92 Å². The Labute approximate surface area is 313 Å². The van der Waals surface area contributed by atoms with Crippen molar-refractivity contribution in [2.75, 3.05) is 6.61 Å². The molecule has 0 aliphatic carbocycles. The minimum Gasteiger partial charge on any atom is -0.457 e. The fourth-order valence-electron chi connectivity index (χ4n) is 7.05. The molecule has 6 rings (SSSR count). The second-order valence-electron chi connectivity index (χ2n) is 13.9. The van der Waals surface area contributed by atoms with E-state index in [1.54, 1.807) is 0 Å². The lowest BCUT2D eigenvalue weighted by molar-refractivity contribution is -0.341. The summed E-state index contributed by atoms with van der Waals surface area (Å²) in [4.78, 5) is 12.5. The van der Waals surface area contributed by atoms with Crippen molar-refractivity contribution in [1.29, 1.82) is 0 Å². The van der Waals surface area contributed by atoms with Crippen LogP contribution in [0.3, 0.4) is 0 Å². The Morgan fingerprint density at radius 3 is 1.45 bits per heavy atom. The normalized spacial score (nSPS) is 28.7. The first-order valence-corrected chi connectivity index (χ1v) is 18.6. The van der Waals surface area contributed by atoms with Crippen molar-refractivity contribution in [3.63, 3.8) is 0 Å². The smallest absolute Gasteiger partial charge is 0.303 e. The molecule has 282 valence electrons. The van der Waals surface area contributed by atoms with Crippen molar-refractivity contribution in [1.82, 2.24) is 0 Å². The van der Waals surface area contributed by atoms with E-state index >= 15 is 0 Å². The van der Waals surface area contributed by atoms with Gasteiger partial charge in [-0.1, -0.05) is 128 Å². The van der Waals surface area contributed by atoms with E-state index in [1.807, 2.05) is 142 Å². The summed E-state index contributed by atoms with van der Waals surface area (Å²) in [6, 6.07) is 40.1. The lowest BCUT2D eigenvalue weighted by atomic mass is 9.90. The topological polar surface area (TPSA) is 90.9 Å². The van der Waals surface area contributed by atoms with Gasteiger partial charge in [0.15, 0.2) is 12.4 Å². The largest absolute Gasteiger partial charge is 0.457 e. The highest BCUT2D eigenvalue weighted by Gasteiger charge is 2.52. The van der Waals surface area contributed by atoms with Gasteiger partial charge in [0.25, 0.3) is 0 Å². The maximum atomic E-state index is 12.5. The van der Waals surface area contributed by atoms with E-state index in [0.717, 1.165) is 22.3 Å². The van der Waals surface area contributed by atoms with Crippen LogP contribution >= 0.6 is 0 Å². The van der Waals surface area contributed by atoms with Gasteiger partial charge >= 0.3 is 5.97 Å². The SMILES string of the molecule is CC(=O)O[C@H]1C(O[C@H]2OC(COCc3ccccc3)[C@@H](OCc3ccccc3)C(OCc3ccccc3)C2C)[C@@H](OCc2ccccc2)C(C)O[C@H]1C. The van der Waals surface area contributed by atoms with Gasteiger partial charge in [0.1, 0.15) is 24.4 Å². The number of esters is 1. The fraction of sp³-hybridized carbons (Fsp3) is 0.432. The molecule has 9 nitrogen and oxygen atoms in total. The quantitative estimate of drug-likeness (QED) is 0.109. The van der Waals surface area contributed by atoms with Crippen LogP contribution in [0.25, 0.3) is 0 Å². The number of hydrogen-bond acceptors (Lipinski definition) is 9. The lowest BCUT2D eigenvalue weighted by Gasteiger charge is -2.49. The summed E-state index contributed by atoms with van der Waals surface area (Å²) in [7, 11) is 0. The third-order valence-electron chi connectivity index (χ3n) is 9.79. The van der Waals surface area contributed by atoms with Crippen LogP contribution in [0.2, 0.25) is 0 Å². The Bertz CT molecular complexity index is 1640. The molecule has 0 saturated carbocycles. The zero-order valence-electron chi connectivity index (χ0n) is 31.0. The standard InChI is InChI=1S/C44H52O9/c1-30-39(47-26-35-19-11-6-12-20-35)42(49-28-37-23-15-8-16-24-37)38(29-46-25-34-17-9-5-10-18-34)52-44(30)53-43-40(48-27-36-21-13-7-14-22-36)31(2)50-32(3)41(43)51-33(4)45/h5-24,30-32,38-44H,25-29H2,1-4H3/t30?,31?,32-,38?,39?,40-,41+,42+,43?,44+/m0/s1. The molecule has 4 aromatic rings. The van der Waals surface area contributed by atoms with Gasteiger partial charge in [0.05, 0.1) is 51.3 Å². The zero-order chi connectivity index (χ0) is 37.0. The highest BCUT2D eigenvalue weighted by Crippen LogP contribution is 2.37. The molecule has 0 spiro atoms. The molecule has 2 heterocycles. The van der Waals surface area contributed by atoms with E-state index in [4.69, 9.17) is 37.9 Å². The second-order valence-corrected chi connectivity index (χ2v) is 13.9. The molecular formula is C44H52O9. The van der Waals surface area contributed by atoms with E-state index in [9.17, 15) is 4.79 Å². The predicted octanol–water partition coefficient (Wildman–Crippen LogP) is 7.44. The van der Waals surface area contributed by atoms with Gasteiger partial charge in [-0.3, -0.25) is 4.79 Å². The molecule has 2 fully saturated rings. The molecule has 0 bridgehead atoms. The molecular weight excluding hydrogens is 672 g/mol. The first-order chi connectivity index (χ1) is 25.9. The Morgan fingerprint density at radius 1 is 0.528 bits per heavy atom.